The van der Waals surface area contributed by atoms with Gasteiger partial charge in [-0.25, -0.2) is 4.98 Å². The molecule has 3 rings (SSSR count). The standard InChI is InChI=1S/C13H21N3/c14-13(7-3-4-8-13)12-15-9-11(16-12)10-5-1-2-6-10/h9-10H,1-8,14H2,(H,15,16). The third kappa shape index (κ3) is 1.67. The lowest BCUT2D eigenvalue weighted by Crippen LogP contribution is -2.34. The number of aromatic amines is 1. The Bertz CT molecular complexity index is 357. The molecule has 0 atom stereocenters. The fourth-order valence-electron chi connectivity index (χ4n) is 3.28. The van der Waals surface area contributed by atoms with Gasteiger partial charge in [-0.15, -0.1) is 0 Å². The molecule has 2 aliphatic carbocycles. The molecule has 0 bridgehead atoms. The van der Waals surface area contributed by atoms with Gasteiger partial charge in [0, 0.05) is 17.8 Å². The molecule has 2 saturated carbocycles. The molecule has 0 saturated heterocycles. The predicted molar refractivity (Wildman–Crippen MR) is 64.1 cm³/mol. The highest BCUT2D eigenvalue weighted by Crippen LogP contribution is 2.37. The maximum Gasteiger partial charge on any atom is 0.126 e. The molecule has 3 N–H and O–H groups in total. The summed E-state index contributed by atoms with van der Waals surface area (Å²) in [6.45, 7) is 0. The SMILES string of the molecule is NC1(c2ncc(C3CCCC3)[nH]2)CCCC1. The maximum atomic E-state index is 6.40. The summed E-state index contributed by atoms with van der Waals surface area (Å²) in [4.78, 5) is 8.04. The van der Waals surface area contributed by atoms with Crippen molar-refractivity contribution in [1.29, 1.82) is 0 Å². The van der Waals surface area contributed by atoms with Crippen molar-refractivity contribution in [2.45, 2.75) is 62.8 Å². The minimum Gasteiger partial charge on any atom is -0.344 e. The Labute approximate surface area is 96.8 Å². The zero-order chi connectivity index (χ0) is 11.0. The minimum atomic E-state index is -0.156. The van der Waals surface area contributed by atoms with E-state index in [2.05, 4.69) is 9.97 Å². The third-order valence-electron chi connectivity index (χ3n) is 4.36. The lowest BCUT2D eigenvalue weighted by Gasteiger charge is -2.20. The molecular weight excluding hydrogens is 198 g/mol. The third-order valence-corrected chi connectivity index (χ3v) is 4.36. The highest BCUT2D eigenvalue weighted by atomic mass is 15.0. The first kappa shape index (κ1) is 10.3. The Morgan fingerprint density at radius 2 is 1.88 bits per heavy atom. The quantitative estimate of drug-likeness (QED) is 0.803. The van der Waals surface area contributed by atoms with Crippen molar-refractivity contribution in [2.75, 3.05) is 0 Å². The normalized spacial score (nSPS) is 25.3. The molecule has 3 nitrogen and oxygen atoms in total. The van der Waals surface area contributed by atoms with Gasteiger partial charge >= 0.3 is 0 Å². The number of nitrogens with zero attached hydrogens (tertiary/aromatic N) is 1. The number of hydrogen-bond acceptors (Lipinski definition) is 2. The van der Waals surface area contributed by atoms with Gasteiger partial charge in [-0.1, -0.05) is 25.7 Å². The summed E-state index contributed by atoms with van der Waals surface area (Å²) >= 11 is 0. The summed E-state index contributed by atoms with van der Waals surface area (Å²) in [6.07, 6.45) is 12.1. The van der Waals surface area contributed by atoms with Crippen molar-refractivity contribution in [3.63, 3.8) is 0 Å². The largest absolute Gasteiger partial charge is 0.344 e. The average molecular weight is 219 g/mol. The van der Waals surface area contributed by atoms with E-state index in [-0.39, 0.29) is 5.54 Å². The molecule has 88 valence electrons. The average Bonchev–Trinajstić information content (AvgIpc) is 2.98. The van der Waals surface area contributed by atoms with Crippen LogP contribution in [-0.4, -0.2) is 9.97 Å². The van der Waals surface area contributed by atoms with Crippen LogP contribution < -0.4 is 5.73 Å². The van der Waals surface area contributed by atoms with E-state index in [9.17, 15) is 0 Å². The molecule has 1 aromatic rings. The van der Waals surface area contributed by atoms with E-state index < -0.39 is 0 Å². The number of imidazole rings is 1. The van der Waals surface area contributed by atoms with Crippen LogP contribution in [0.4, 0.5) is 0 Å². The Hall–Kier alpha value is -0.830. The van der Waals surface area contributed by atoms with E-state index >= 15 is 0 Å². The Morgan fingerprint density at radius 3 is 2.56 bits per heavy atom. The minimum absolute atomic E-state index is 0.156. The zero-order valence-corrected chi connectivity index (χ0v) is 9.84. The Morgan fingerprint density at radius 1 is 1.19 bits per heavy atom. The van der Waals surface area contributed by atoms with Gasteiger partial charge in [0.25, 0.3) is 0 Å². The number of H-pyrrole nitrogens is 1. The molecule has 16 heavy (non-hydrogen) atoms. The smallest absolute Gasteiger partial charge is 0.126 e. The van der Waals surface area contributed by atoms with Crippen LogP contribution in [0.25, 0.3) is 0 Å². The molecule has 1 aromatic heterocycles. The molecule has 0 unspecified atom stereocenters. The second-order valence-electron chi connectivity index (χ2n) is 5.53. The Balaban J connectivity index is 1.81. The molecule has 3 heteroatoms. The van der Waals surface area contributed by atoms with Crippen molar-refractivity contribution in [1.82, 2.24) is 9.97 Å². The van der Waals surface area contributed by atoms with Gasteiger partial charge in [0.1, 0.15) is 5.82 Å². The highest BCUT2D eigenvalue weighted by Gasteiger charge is 2.34. The van der Waals surface area contributed by atoms with Crippen LogP contribution in [0.2, 0.25) is 0 Å². The van der Waals surface area contributed by atoms with Crippen molar-refractivity contribution >= 4 is 0 Å². The van der Waals surface area contributed by atoms with Crippen molar-refractivity contribution in [3.05, 3.63) is 17.7 Å². The lowest BCUT2D eigenvalue weighted by molar-refractivity contribution is 0.434. The second-order valence-corrected chi connectivity index (χ2v) is 5.53. The number of rotatable bonds is 2. The van der Waals surface area contributed by atoms with E-state index in [0.717, 1.165) is 18.7 Å². The van der Waals surface area contributed by atoms with Gasteiger partial charge in [0.05, 0.1) is 5.54 Å². The summed E-state index contributed by atoms with van der Waals surface area (Å²) in [5, 5.41) is 0. The van der Waals surface area contributed by atoms with Gasteiger partial charge in [0.15, 0.2) is 0 Å². The predicted octanol–water partition coefficient (Wildman–Crippen LogP) is 2.80. The monoisotopic (exact) mass is 219 g/mol. The van der Waals surface area contributed by atoms with Crippen LogP contribution in [0.5, 0.6) is 0 Å². The fourth-order valence-corrected chi connectivity index (χ4v) is 3.28. The number of aromatic nitrogens is 2. The summed E-state index contributed by atoms with van der Waals surface area (Å²) in [6, 6.07) is 0. The van der Waals surface area contributed by atoms with Gasteiger partial charge < -0.3 is 10.7 Å². The van der Waals surface area contributed by atoms with E-state index in [1.54, 1.807) is 0 Å². The van der Waals surface area contributed by atoms with Gasteiger partial charge in [-0.2, -0.15) is 0 Å². The molecule has 2 aliphatic rings. The molecule has 0 aromatic carbocycles. The molecule has 0 spiro atoms. The van der Waals surface area contributed by atoms with E-state index in [1.165, 1.54) is 44.2 Å². The molecule has 1 heterocycles. The molecule has 0 radical (unpaired) electrons. The van der Waals surface area contributed by atoms with E-state index in [4.69, 9.17) is 5.73 Å². The van der Waals surface area contributed by atoms with Gasteiger partial charge in [0.2, 0.25) is 0 Å². The molecule has 0 aliphatic heterocycles. The zero-order valence-electron chi connectivity index (χ0n) is 9.84. The van der Waals surface area contributed by atoms with Crippen molar-refractivity contribution in [3.8, 4) is 0 Å². The second kappa shape index (κ2) is 3.88. The topological polar surface area (TPSA) is 54.7 Å². The summed E-state index contributed by atoms with van der Waals surface area (Å²) < 4.78 is 0. The summed E-state index contributed by atoms with van der Waals surface area (Å²) in [5.41, 5.74) is 7.57. The van der Waals surface area contributed by atoms with Gasteiger partial charge in [-0.05, 0) is 25.7 Å². The number of nitrogens with two attached hydrogens (primary N) is 1. The van der Waals surface area contributed by atoms with Crippen molar-refractivity contribution in [2.24, 2.45) is 5.73 Å². The van der Waals surface area contributed by atoms with Crippen LogP contribution in [0, 0.1) is 0 Å². The first-order valence-electron chi connectivity index (χ1n) is 6.62. The number of hydrogen-bond donors (Lipinski definition) is 2. The van der Waals surface area contributed by atoms with E-state index in [0.29, 0.717) is 5.92 Å². The Kier molecular flexibility index (Phi) is 2.51. The van der Waals surface area contributed by atoms with Crippen LogP contribution in [-0.2, 0) is 5.54 Å². The number of nitrogens with one attached hydrogen (secondary N) is 1. The molecule has 2 fully saturated rings. The molecule has 0 amide bonds. The van der Waals surface area contributed by atoms with Crippen LogP contribution in [0.15, 0.2) is 6.20 Å². The van der Waals surface area contributed by atoms with Crippen molar-refractivity contribution < 1.29 is 0 Å². The summed E-state index contributed by atoms with van der Waals surface area (Å²) in [7, 11) is 0. The molecular formula is C13H21N3. The highest BCUT2D eigenvalue weighted by molar-refractivity contribution is 5.15. The first-order chi connectivity index (χ1) is 7.78. The van der Waals surface area contributed by atoms with Gasteiger partial charge in [-0.3, -0.25) is 0 Å². The van der Waals surface area contributed by atoms with Crippen LogP contribution >= 0.6 is 0 Å². The lowest BCUT2D eigenvalue weighted by atomic mass is 9.98. The fraction of sp³-hybridized carbons (Fsp3) is 0.769. The maximum absolute atomic E-state index is 6.40. The summed E-state index contributed by atoms with van der Waals surface area (Å²) in [5.74, 6) is 1.75. The van der Waals surface area contributed by atoms with Crippen LogP contribution in [0.1, 0.15) is 68.8 Å². The van der Waals surface area contributed by atoms with Crippen LogP contribution in [0.3, 0.4) is 0 Å². The van der Waals surface area contributed by atoms with E-state index in [1.807, 2.05) is 6.20 Å². The first-order valence-corrected chi connectivity index (χ1v) is 6.62.